The van der Waals surface area contributed by atoms with Crippen LogP contribution in [0.3, 0.4) is 0 Å². The normalized spacial score (nSPS) is 15.6. The van der Waals surface area contributed by atoms with Gasteiger partial charge in [0.15, 0.2) is 0 Å². The Morgan fingerprint density at radius 1 is 1.27 bits per heavy atom. The maximum absolute atomic E-state index is 12.2. The number of hydrogen-bond acceptors (Lipinski definition) is 3. The topological polar surface area (TPSA) is 87.5 Å². The molecular weight excluding hydrogens is 301 g/mol. The summed E-state index contributed by atoms with van der Waals surface area (Å²) in [6, 6.07) is 11.7. The van der Waals surface area contributed by atoms with Crippen LogP contribution in [0.2, 0.25) is 0 Å². The average molecular weight is 318 g/mol. The number of pyridine rings is 1. The van der Waals surface area contributed by atoms with Crippen LogP contribution in [-0.4, -0.2) is 21.0 Å². The zero-order valence-corrected chi connectivity index (χ0v) is 13.0. The molecule has 6 heteroatoms. The van der Waals surface area contributed by atoms with Gasteiger partial charge >= 0.3 is 19.2 Å². The monoisotopic (exact) mass is 318 g/mol. The second-order valence-corrected chi connectivity index (χ2v) is 6.21. The van der Waals surface area contributed by atoms with Gasteiger partial charge in [0.1, 0.15) is 0 Å². The third kappa shape index (κ3) is 2.65. The lowest BCUT2D eigenvalue weighted by Crippen LogP contribution is -2.38. The molecule has 1 heterocycles. The largest absolute Gasteiger partial charge is 0.529 e. The van der Waals surface area contributed by atoms with Crippen LogP contribution in [0.4, 0.5) is 0 Å². The minimum atomic E-state index is -3.01. The quantitative estimate of drug-likeness (QED) is 0.798. The van der Waals surface area contributed by atoms with Crippen molar-refractivity contribution in [3.63, 3.8) is 0 Å². The first kappa shape index (κ1) is 16.3. The molecule has 1 aromatic carbocycles. The van der Waals surface area contributed by atoms with E-state index in [-0.39, 0.29) is 0 Å². The Morgan fingerprint density at radius 2 is 1.95 bits per heavy atom. The van der Waals surface area contributed by atoms with Crippen molar-refractivity contribution < 1.29 is 19.4 Å². The van der Waals surface area contributed by atoms with Crippen molar-refractivity contribution in [2.45, 2.75) is 24.4 Å². The van der Waals surface area contributed by atoms with E-state index in [1.54, 1.807) is 61.8 Å². The Morgan fingerprint density at radius 3 is 2.41 bits per heavy atom. The molecule has 0 bridgehead atoms. The molecule has 0 aliphatic carbocycles. The summed E-state index contributed by atoms with van der Waals surface area (Å²) >= 11 is 0. The second-order valence-electron chi connectivity index (χ2n) is 4.96. The fourth-order valence-electron chi connectivity index (χ4n) is 2.85. The van der Waals surface area contributed by atoms with Gasteiger partial charge in [-0.15, -0.1) is 0 Å². The molecule has 114 valence electrons. The van der Waals surface area contributed by atoms with E-state index >= 15 is 0 Å². The fourth-order valence-corrected chi connectivity index (χ4v) is 3.98. The Bertz CT molecular complexity index is 646. The number of carboxylic acids is 1. The van der Waals surface area contributed by atoms with Crippen LogP contribution in [0.25, 0.3) is 0 Å². The number of rotatable bonds is 6. The van der Waals surface area contributed by atoms with Crippen molar-refractivity contribution in [3.8, 4) is 0 Å². The van der Waals surface area contributed by atoms with Crippen LogP contribution in [0.1, 0.15) is 30.4 Å². The molecule has 0 aliphatic rings. The maximum Gasteiger partial charge on any atom is 0.529 e. The summed E-state index contributed by atoms with van der Waals surface area (Å²) in [5, 5.41) is 7.95. The van der Waals surface area contributed by atoms with Gasteiger partial charge in [-0.2, -0.15) is 4.89 Å². The third-order valence-electron chi connectivity index (χ3n) is 3.84. The highest BCUT2D eigenvalue weighted by molar-refractivity contribution is 7.41. The smallest absolute Gasteiger partial charge is 0.477 e. The molecule has 5 nitrogen and oxygen atoms in total. The molecule has 0 aliphatic heterocycles. The second kappa shape index (κ2) is 6.77. The summed E-state index contributed by atoms with van der Waals surface area (Å²) < 4.78 is 12.2. The molecule has 2 rings (SSSR count). The molecule has 2 N–H and O–H groups in total. The van der Waals surface area contributed by atoms with Crippen LogP contribution < -0.4 is 0 Å². The molecule has 0 saturated carbocycles. The van der Waals surface area contributed by atoms with Crippen molar-refractivity contribution >= 4 is 14.0 Å². The van der Waals surface area contributed by atoms with E-state index in [0.717, 1.165) is 0 Å². The zero-order valence-electron chi connectivity index (χ0n) is 12.1. The number of aromatic nitrogens is 1. The number of hydrogen-bond donors (Lipinski definition) is 2. The molecule has 0 amide bonds. The Labute approximate surface area is 129 Å². The zero-order chi connectivity index (χ0) is 16.2. The lowest BCUT2D eigenvalue weighted by molar-refractivity contribution is -0.141. The highest BCUT2D eigenvalue weighted by Gasteiger charge is 2.63. The average Bonchev–Trinajstić information content (AvgIpc) is 2.53. The minimum absolute atomic E-state index is 0.321. The summed E-state index contributed by atoms with van der Waals surface area (Å²) in [5.41, 5.74) is 0.954. The molecule has 3 unspecified atom stereocenters. The third-order valence-corrected chi connectivity index (χ3v) is 5.21. The molecule has 1 aromatic heterocycles. The van der Waals surface area contributed by atoms with Gasteiger partial charge in [0.05, 0.1) is 5.92 Å². The van der Waals surface area contributed by atoms with Gasteiger partial charge in [-0.25, -0.2) is 4.79 Å². The van der Waals surface area contributed by atoms with Crippen LogP contribution in [0.5, 0.6) is 0 Å². The summed E-state index contributed by atoms with van der Waals surface area (Å²) in [6.45, 7) is 1.80. The summed E-state index contributed by atoms with van der Waals surface area (Å²) in [7, 11) is -3.01. The van der Waals surface area contributed by atoms with Crippen LogP contribution in [0.15, 0.2) is 54.9 Å². The van der Waals surface area contributed by atoms with E-state index in [1.165, 1.54) is 0 Å². The summed E-state index contributed by atoms with van der Waals surface area (Å²) in [6.07, 6.45) is 3.53. The Kier molecular flexibility index (Phi) is 5.01. The predicted octanol–water partition coefficient (Wildman–Crippen LogP) is 3.29. The summed E-state index contributed by atoms with van der Waals surface area (Å²) in [4.78, 5) is 26.0. The lowest BCUT2D eigenvalue weighted by Gasteiger charge is -2.26. The Hall–Kier alpha value is -2.10. The van der Waals surface area contributed by atoms with Gasteiger partial charge in [0.2, 0.25) is 0 Å². The van der Waals surface area contributed by atoms with E-state index in [0.29, 0.717) is 17.5 Å². The van der Waals surface area contributed by atoms with Gasteiger partial charge in [0.25, 0.3) is 0 Å². The summed E-state index contributed by atoms with van der Waals surface area (Å²) in [5.74, 6) is -1.97. The van der Waals surface area contributed by atoms with Gasteiger partial charge in [-0.1, -0.05) is 43.3 Å². The van der Waals surface area contributed by atoms with Crippen molar-refractivity contribution in [3.05, 3.63) is 66.0 Å². The number of aliphatic carboxylic acids is 1. The highest BCUT2D eigenvalue weighted by Crippen LogP contribution is 2.55. The highest BCUT2D eigenvalue weighted by atomic mass is 31.1. The van der Waals surface area contributed by atoms with Crippen LogP contribution in [-0.2, 0) is 14.5 Å². The first-order chi connectivity index (χ1) is 10.5. The van der Waals surface area contributed by atoms with Crippen molar-refractivity contribution in [2.75, 3.05) is 0 Å². The van der Waals surface area contributed by atoms with E-state index in [2.05, 4.69) is 4.98 Å². The molecular formula is C16H17NO4P+. The van der Waals surface area contributed by atoms with Gasteiger partial charge in [0, 0.05) is 18.0 Å². The van der Waals surface area contributed by atoms with Crippen molar-refractivity contribution in [1.29, 1.82) is 0 Å². The number of carboxylic acid groups (broad SMARTS) is 1. The molecule has 0 fully saturated rings. The van der Waals surface area contributed by atoms with Gasteiger partial charge < -0.3 is 5.11 Å². The van der Waals surface area contributed by atoms with E-state index in [1.807, 2.05) is 0 Å². The van der Waals surface area contributed by atoms with Crippen molar-refractivity contribution in [1.82, 2.24) is 4.98 Å². The fraction of sp³-hybridized carbons (Fsp3) is 0.250. The van der Waals surface area contributed by atoms with Crippen LogP contribution >= 0.6 is 8.03 Å². The van der Waals surface area contributed by atoms with Gasteiger partial charge in [-0.3, -0.25) is 4.98 Å². The molecule has 22 heavy (non-hydrogen) atoms. The minimum Gasteiger partial charge on any atom is -0.477 e. The van der Waals surface area contributed by atoms with E-state index < -0.39 is 25.1 Å². The molecule has 0 radical (unpaired) electrons. The molecule has 3 atom stereocenters. The SMILES string of the molecule is CCC(c1cccnc1)C(C(=O)O)(c1ccccc1)[P+](=O)O. The van der Waals surface area contributed by atoms with Crippen molar-refractivity contribution in [2.24, 2.45) is 0 Å². The predicted molar refractivity (Wildman–Crippen MR) is 82.9 cm³/mol. The Balaban J connectivity index is 2.72. The number of carbonyl (C=O) groups is 1. The van der Waals surface area contributed by atoms with E-state index in [9.17, 15) is 19.4 Å². The lowest BCUT2D eigenvalue weighted by atomic mass is 9.79. The standard InChI is InChI=1S/C16H16NO4P/c1-2-14(12-7-6-10-17-11-12)16(15(18)19,22(20)21)13-8-4-3-5-9-13/h3-11,14H,2H2,1H3,(H-,18,19,20,21)/p+1. The first-order valence-electron chi connectivity index (χ1n) is 6.90. The number of nitrogens with zero attached hydrogens (tertiary/aromatic N) is 1. The van der Waals surface area contributed by atoms with E-state index in [4.69, 9.17) is 0 Å². The maximum atomic E-state index is 12.2. The molecule has 0 saturated heterocycles. The van der Waals surface area contributed by atoms with Crippen LogP contribution in [0, 0.1) is 0 Å². The van der Waals surface area contributed by atoms with Gasteiger partial charge in [-0.05, 0) is 22.6 Å². The first-order valence-corrected chi connectivity index (χ1v) is 8.11. The number of benzene rings is 1. The molecule has 2 aromatic rings. The molecule has 0 spiro atoms.